The second kappa shape index (κ2) is 9.11. The van der Waals surface area contributed by atoms with E-state index in [2.05, 4.69) is 4.99 Å². The number of nitrogens with zero attached hydrogens (tertiary/aromatic N) is 4. The highest BCUT2D eigenvalue weighted by molar-refractivity contribution is 7.89. The number of carbonyl (C=O) groups excluding carboxylic acids is 1. The first kappa shape index (κ1) is 21.8. The van der Waals surface area contributed by atoms with Gasteiger partial charge in [-0.1, -0.05) is 19.9 Å². The van der Waals surface area contributed by atoms with Crippen LogP contribution in [0.4, 0.5) is 0 Å². The minimum absolute atomic E-state index is 0.00767. The van der Waals surface area contributed by atoms with Gasteiger partial charge in [-0.25, -0.2) is 8.42 Å². The van der Waals surface area contributed by atoms with Crippen molar-refractivity contribution in [1.29, 1.82) is 0 Å². The number of hydrogen-bond acceptors (Lipinski definition) is 5. The number of sulfonamides is 1. The summed E-state index contributed by atoms with van der Waals surface area (Å²) in [4.78, 5) is 29.3. The van der Waals surface area contributed by atoms with Crippen molar-refractivity contribution >= 4 is 15.9 Å². The molecule has 2 aromatic heterocycles. The maximum atomic E-state index is 12.8. The Labute approximate surface area is 164 Å². The van der Waals surface area contributed by atoms with Gasteiger partial charge >= 0.3 is 0 Å². The first-order valence-electron chi connectivity index (χ1n) is 9.16. The zero-order valence-corrected chi connectivity index (χ0v) is 17.4. The van der Waals surface area contributed by atoms with Gasteiger partial charge in [0.05, 0.1) is 4.90 Å². The van der Waals surface area contributed by atoms with E-state index in [1.807, 2.05) is 13.8 Å². The Kier molecular flexibility index (Phi) is 7.09. The van der Waals surface area contributed by atoms with Crippen molar-refractivity contribution in [3.8, 4) is 0 Å². The van der Waals surface area contributed by atoms with Crippen molar-refractivity contribution in [3.63, 3.8) is 0 Å². The molecule has 0 N–H and O–H groups in total. The van der Waals surface area contributed by atoms with E-state index < -0.39 is 15.6 Å². The highest BCUT2D eigenvalue weighted by Gasteiger charge is 2.22. The predicted octanol–water partition coefficient (Wildman–Crippen LogP) is 1.33. The third kappa shape index (κ3) is 4.85. The molecule has 0 aromatic carbocycles. The SMILES string of the molecule is CCN(CC)S(=O)(=O)c1ccc(=O)n(CC(=O)n2ccccc2=NC(C)C)c1. The van der Waals surface area contributed by atoms with Gasteiger partial charge < -0.3 is 4.57 Å². The molecular weight excluding hydrogens is 380 g/mol. The predicted molar refractivity (Wildman–Crippen MR) is 107 cm³/mol. The lowest BCUT2D eigenvalue weighted by Crippen LogP contribution is -2.34. The van der Waals surface area contributed by atoms with Crippen LogP contribution in [0.3, 0.4) is 0 Å². The van der Waals surface area contributed by atoms with Crippen molar-refractivity contribution in [2.24, 2.45) is 4.99 Å². The standard InChI is InChI=1S/C19H26N4O4S/c1-5-22(6-2)28(26,27)16-10-11-18(24)21(13-16)14-19(25)23-12-8-7-9-17(23)20-15(3)4/h7-13,15H,5-6,14H2,1-4H3. The first-order chi connectivity index (χ1) is 13.2. The minimum atomic E-state index is -3.73. The Morgan fingerprint density at radius 3 is 2.43 bits per heavy atom. The van der Waals surface area contributed by atoms with E-state index in [1.54, 1.807) is 38.2 Å². The summed E-state index contributed by atoms with van der Waals surface area (Å²) in [6.45, 7) is 7.61. The summed E-state index contributed by atoms with van der Waals surface area (Å²) in [5.41, 5.74) is 0.0215. The Hall–Kier alpha value is -2.52. The number of rotatable bonds is 7. The fourth-order valence-electron chi connectivity index (χ4n) is 2.73. The first-order valence-corrected chi connectivity index (χ1v) is 10.6. The molecule has 0 amide bonds. The highest BCUT2D eigenvalue weighted by Crippen LogP contribution is 2.13. The summed E-state index contributed by atoms with van der Waals surface area (Å²) >= 11 is 0. The van der Waals surface area contributed by atoms with Crippen LogP contribution >= 0.6 is 0 Å². The van der Waals surface area contributed by atoms with Gasteiger partial charge in [0.15, 0.2) is 0 Å². The molecule has 0 aliphatic carbocycles. The molecule has 9 heteroatoms. The number of pyridine rings is 2. The normalized spacial score (nSPS) is 12.7. The zero-order valence-electron chi connectivity index (χ0n) is 16.6. The molecule has 0 saturated carbocycles. The van der Waals surface area contributed by atoms with E-state index in [-0.39, 0.29) is 23.4 Å². The zero-order chi connectivity index (χ0) is 20.9. The number of carbonyl (C=O) groups is 1. The molecule has 0 unspecified atom stereocenters. The fraction of sp³-hybridized carbons (Fsp3) is 0.421. The molecule has 0 spiro atoms. The Morgan fingerprint density at radius 2 is 1.82 bits per heavy atom. The molecule has 8 nitrogen and oxygen atoms in total. The third-order valence-electron chi connectivity index (χ3n) is 4.10. The van der Waals surface area contributed by atoms with E-state index >= 15 is 0 Å². The van der Waals surface area contributed by atoms with E-state index in [0.29, 0.717) is 18.6 Å². The summed E-state index contributed by atoms with van der Waals surface area (Å²) in [7, 11) is -3.73. The summed E-state index contributed by atoms with van der Waals surface area (Å²) < 4.78 is 29.2. The topological polar surface area (TPSA) is 93.7 Å². The summed E-state index contributed by atoms with van der Waals surface area (Å²) in [5.74, 6) is -0.389. The molecular formula is C19H26N4O4S. The van der Waals surface area contributed by atoms with Gasteiger partial charge in [-0.15, -0.1) is 0 Å². The largest absolute Gasteiger partial charge is 0.305 e. The monoisotopic (exact) mass is 406 g/mol. The molecule has 2 rings (SSSR count). The molecule has 0 aliphatic rings. The van der Waals surface area contributed by atoms with Crippen LogP contribution in [0.2, 0.25) is 0 Å². The molecule has 152 valence electrons. The molecule has 0 aliphatic heterocycles. The van der Waals surface area contributed by atoms with Gasteiger partial charge in [0, 0.05) is 37.6 Å². The van der Waals surface area contributed by atoms with Crippen LogP contribution in [0.25, 0.3) is 0 Å². The lowest BCUT2D eigenvalue weighted by molar-refractivity contribution is 0.0883. The van der Waals surface area contributed by atoms with Crippen LogP contribution in [0, 0.1) is 0 Å². The Bertz CT molecular complexity index is 1060. The molecule has 0 saturated heterocycles. The average molecular weight is 407 g/mol. The van der Waals surface area contributed by atoms with Gasteiger partial charge in [0.2, 0.25) is 10.0 Å². The summed E-state index contributed by atoms with van der Waals surface area (Å²) in [5, 5.41) is 0. The van der Waals surface area contributed by atoms with Crippen LogP contribution < -0.4 is 11.0 Å². The van der Waals surface area contributed by atoms with Crippen molar-refractivity contribution in [2.75, 3.05) is 13.1 Å². The lowest BCUT2D eigenvalue weighted by atomic mass is 10.4. The second-order valence-corrected chi connectivity index (χ2v) is 8.40. The quantitative estimate of drug-likeness (QED) is 0.693. The van der Waals surface area contributed by atoms with Crippen LogP contribution in [0.1, 0.15) is 32.5 Å². The number of hydrogen-bond donors (Lipinski definition) is 0. The maximum Gasteiger partial charge on any atom is 0.252 e. The fourth-order valence-corrected chi connectivity index (χ4v) is 4.21. The van der Waals surface area contributed by atoms with E-state index in [9.17, 15) is 18.0 Å². The molecule has 2 aromatic rings. The average Bonchev–Trinajstić information content (AvgIpc) is 2.64. The van der Waals surface area contributed by atoms with Crippen molar-refractivity contribution in [1.82, 2.24) is 13.4 Å². The molecule has 28 heavy (non-hydrogen) atoms. The smallest absolute Gasteiger partial charge is 0.252 e. The van der Waals surface area contributed by atoms with E-state index in [4.69, 9.17) is 0 Å². The van der Waals surface area contributed by atoms with Gasteiger partial charge in [-0.3, -0.25) is 19.1 Å². The third-order valence-corrected chi connectivity index (χ3v) is 6.14. The van der Waals surface area contributed by atoms with Crippen LogP contribution in [-0.2, 0) is 16.6 Å². The molecule has 0 atom stereocenters. The maximum absolute atomic E-state index is 12.8. The van der Waals surface area contributed by atoms with Crippen LogP contribution in [0.5, 0.6) is 0 Å². The van der Waals surface area contributed by atoms with E-state index in [0.717, 1.165) is 4.57 Å². The lowest BCUT2D eigenvalue weighted by Gasteiger charge is -2.19. The van der Waals surface area contributed by atoms with Gasteiger partial charge in [-0.2, -0.15) is 4.31 Å². The molecule has 0 bridgehead atoms. The van der Waals surface area contributed by atoms with Crippen molar-refractivity contribution in [2.45, 2.75) is 45.2 Å². The molecule has 0 fully saturated rings. The summed E-state index contributed by atoms with van der Waals surface area (Å²) in [6, 6.07) is 7.61. The Morgan fingerprint density at radius 1 is 1.14 bits per heavy atom. The Balaban J connectivity index is 2.44. The van der Waals surface area contributed by atoms with Gasteiger partial charge in [0.25, 0.3) is 11.5 Å². The minimum Gasteiger partial charge on any atom is -0.305 e. The van der Waals surface area contributed by atoms with Crippen LogP contribution in [-0.4, -0.2) is 46.9 Å². The summed E-state index contributed by atoms with van der Waals surface area (Å²) in [6.07, 6.45) is 2.79. The molecule has 0 radical (unpaired) electrons. The highest BCUT2D eigenvalue weighted by atomic mass is 32.2. The van der Waals surface area contributed by atoms with Crippen LogP contribution in [0.15, 0.2) is 57.4 Å². The second-order valence-electron chi connectivity index (χ2n) is 6.47. The molecule has 2 heterocycles. The van der Waals surface area contributed by atoms with E-state index in [1.165, 1.54) is 27.2 Å². The van der Waals surface area contributed by atoms with Crippen molar-refractivity contribution < 1.29 is 13.2 Å². The number of aromatic nitrogens is 2. The van der Waals surface area contributed by atoms with Crippen molar-refractivity contribution in [3.05, 3.63) is 58.6 Å². The van der Waals surface area contributed by atoms with Gasteiger partial charge in [0.1, 0.15) is 12.0 Å². The van der Waals surface area contributed by atoms with Gasteiger partial charge in [-0.05, 0) is 32.0 Å².